The lowest BCUT2D eigenvalue weighted by atomic mass is 9.99. The number of carbonyl (C=O) groups excluding carboxylic acids is 1. The average molecular weight is 445 g/mol. The van der Waals surface area contributed by atoms with Crippen molar-refractivity contribution < 1.29 is 17.7 Å². The summed E-state index contributed by atoms with van der Waals surface area (Å²) in [7, 11) is -3.59. The van der Waals surface area contributed by atoms with Crippen LogP contribution in [-0.2, 0) is 10.0 Å². The highest BCUT2D eigenvalue weighted by atomic mass is 32.2. The first kappa shape index (κ1) is 20.7. The van der Waals surface area contributed by atoms with Crippen molar-refractivity contribution in [3.63, 3.8) is 0 Å². The van der Waals surface area contributed by atoms with E-state index in [0.29, 0.717) is 29.3 Å². The van der Waals surface area contributed by atoms with Crippen LogP contribution in [0.3, 0.4) is 0 Å². The van der Waals surface area contributed by atoms with Gasteiger partial charge in [0.05, 0.1) is 4.90 Å². The first-order valence-electron chi connectivity index (χ1n) is 11.0. The average Bonchev–Trinajstić information content (AvgIpc) is 3.40. The lowest BCUT2D eigenvalue weighted by Gasteiger charge is -2.38. The summed E-state index contributed by atoms with van der Waals surface area (Å²) in [5, 5.41) is 6.95. The molecule has 2 bridgehead atoms. The quantitative estimate of drug-likeness (QED) is 0.707. The van der Waals surface area contributed by atoms with Crippen molar-refractivity contribution in [2.45, 2.75) is 80.4 Å². The number of carbonyl (C=O) groups is 1. The minimum atomic E-state index is -3.59. The molecule has 3 fully saturated rings. The normalized spacial score (nSPS) is 27.2. The number of nitrogens with two attached hydrogens (primary N) is 1. The van der Waals surface area contributed by atoms with E-state index >= 15 is 0 Å². The maximum absolute atomic E-state index is 13.3. The monoisotopic (exact) mass is 444 g/mol. The molecule has 8 nitrogen and oxygen atoms in total. The van der Waals surface area contributed by atoms with Crippen molar-refractivity contribution in [3.05, 3.63) is 47.3 Å². The molecule has 1 saturated carbocycles. The van der Waals surface area contributed by atoms with E-state index < -0.39 is 10.0 Å². The van der Waals surface area contributed by atoms with Crippen molar-refractivity contribution in [2.75, 3.05) is 0 Å². The fraction of sp³-hybridized carbons (Fsp3) is 0.545. The zero-order chi connectivity index (χ0) is 21.8. The highest BCUT2D eigenvalue weighted by molar-refractivity contribution is 7.89. The molecule has 166 valence electrons. The van der Waals surface area contributed by atoms with E-state index in [-0.39, 0.29) is 30.1 Å². The zero-order valence-electron chi connectivity index (χ0n) is 17.5. The van der Waals surface area contributed by atoms with Crippen LogP contribution in [0.25, 0.3) is 0 Å². The second-order valence-corrected chi connectivity index (χ2v) is 11.0. The van der Waals surface area contributed by atoms with Crippen molar-refractivity contribution >= 4 is 15.9 Å². The van der Waals surface area contributed by atoms with Gasteiger partial charge in [-0.3, -0.25) is 4.79 Å². The number of piperidine rings is 1. The topological polar surface area (TPSA) is 119 Å². The summed E-state index contributed by atoms with van der Waals surface area (Å²) in [4.78, 5) is 12.9. The molecule has 2 aromatic rings. The molecular weight excluding hydrogens is 416 g/mol. The fourth-order valence-electron chi connectivity index (χ4n) is 4.93. The van der Waals surface area contributed by atoms with E-state index in [4.69, 9.17) is 10.3 Å². The number of nitrogens with one attached hydrogen (secondary N) is 1. The largest absolute Gasteiger partial charge is 0.360 e. The van der Waals surface area contributed by atoms with E-state index in [1.54, 1.807) is 34.6 Å². The smallest absolute Gasteiger partial charge is 0.273 e. The summed E-state index contributed by atoms with van der Waals surface area (Å²) < 4.78 is 33.6. The molecule has 0 unspecified atom stereocenters. The first-order chi connectivity index (χ1) is 14.8. The van der Waals surface area contributed by atoms with Gasteiger partial charge in [-0.05, 0) is 63.1 Å². The minimum absolute atomic E-state index is 0.0713. The molecule has 4 atom stereocenters. The third kappa shape index (κ3) is 3.90. The molecule has 3 heterocycles. The van der Waals surface area contributed by atoms with Gasteiger partial charge in [0.2, 0.25) is 10.0 Å². The molecular formula is C22H28N4O4S. The van der Waals surface area contributed by atoms with Crippen LogP contribution in [0.4, 0.5) is 0 Å². The van der Waals surface area contributed by atoms with Gasteiger partial charge in [-0.25, -0.2) is 8.42 Å². The Labute approximate surface area is 182 Å². The van der Waals surface area contributed by atoms with Gasteiger partial charge in [0.15, 0.2) is 5.69 Å². The summed E-state index contributed by atoms with van der Waals surface area (Å²) >= 11 is 0. The number of nitrogens with zero attached hydrogens (tertiary/aromatic N) is 2. The molecule has 0 radical (unpaired) electrons. The van der Waals surface area contributed by atoms with Crippen LogP contribution in [0.15, 0.2) is 39.8 Å². The van der Waals surface area contributed by atoms with Crippen LogP contribution in [-0.4, -0.2) is 41.9 Å². The Balaban J connectivity index is 1.27. The molecule has 2 saturated heterocycles. The fourth-order valence-corrected chi connectivity index (χ4v) is 6.82. The number of hydrogen-bond donors (Lipinski definition) is 2. The number of aromatic nitrogens is 1. The SMILES string of the molecule is C[C@@H](N)c1ccc(S(=O)(=O)N2[C@@H]3CC[C@H]2C[C@@H](NC(=O)c2cc(C4CC4)on2)C3)cc1. The van der Waals surface area contributed by atoms with Gasteiger partial charge in [0.25, 0.3) is 5.91 Å². The Morgan fingerprint density at radius 2 is 1.81 bits per heavy atom. The second kappa shape index (κ2) is 7.72. The summed E-state index contributed by atoms with van der Waals surface area (Å²) in [6.07, 6.45) is 4.99. The first-order valence-corrected chi connectivity index (χ1v) is 12.4. The number of sulfonamides is 1. The second-order valence-electron chi connectivity index (χ2n) is 9.11. The third-order valence-electron chi connectivity index (χ3n) is 6.72. The summed E-state index contributed by atoms with van der Waals surface area (Å²) in [5.74, 6) is 0.935. The molecule has 1 aromatic heterocycles. The van der Waals surface area contributed by atoms with Crippen molar-refractivity contribution in [2.24, 2.45) is 5.73 Å². The molecule has 31 heavy (non-hydrogen) atoms. The summed E-state index contributed by atoms with van der Waals surface area (Å²) in [6, 6.07) is 8.14. The van der Waals surface area contributed by atoms with Crippen LogP contribution in [0.5, 0.6) is 0 Å². The molecule has 2 aliphatic heterocycles. The molecule has 9 heteroatoms. The summed E-state index contributed by atoms with van der Waals surface area (Å²) in [6.45, 7) is 1.87. The van der Waals surface area contributed by atoms with Gasteiger partial charge in [-0.2, -0.15) is 4.31 Å². The van der Waals surface area contributed by atoms with E-state index in [2.05, 4.69) is 10.5 Å². The van der Waals surface area contributed by atoms with Gasteiger partial charge >= 0.3 is 0 Å². The van der Waals surface area contributed by atoms with Crippen LogP contribution >= 0.6 is 0 Å². The molecule has 3 aliphatic rings. The zero-order valence-corrected chi connectivity index (χ0v) is 18.3. The van der Waals surface area contributed by atoms with Crippen molar-refractivity contribution in [3.8, 4) is 0 Å². The molecule has 1 amide bonds. The van der Waals surface area contributed by atoms with Crippen molar-refractivity contribution in [1.29, 1.82) is 0 Å². The Hall–Kier alpha value is -2.23. The Morgan fingerprint density at radius 1 is 1.16 bits per heavy atom. The van der Waals surface area contributed by atoms with Gasteiger partial charge < -0.3 is 15.6 Å². The number of hydrogen-bond acceptors (Lipinski definition) is 6. The highest BCUT2D eigenvalue weighted by Crippen LogP contribution is 2.41. The Kier molecular flexibility index (Phi) is 5.15. The van der Waals surface area contributed by atoms with Gasteiger partial charge in [-0.15, -0.1) is 0 Å². The standard InChI is InChI=1S/C22H28N4O4S/c1-13(23)14-4-8-19(9-5-14)31(28,29)26-17-6-7-18(26)11-16(10-17)24-22(27)20-12-21(30-25-20)15-2-3-15/h4-5,8-9,12-13,15-18H,2-3,6-7,10-11,23H2,1H3,(H,24,27)/t13-,16-,17+,18-/m1/s1. The summed E-state index contributed by atoms with van der Waals surface area (Å²) in [5.41, 5.74) is 7.09. The van der Waals surface area contributed by atoms with Gasteiger partial charge in [0.1, 0.15) is 5.76 Å². The predicted octanol–water partition coefficient (Wildman–Crippen LogP) is 2.69. The van der Waals surface area contributed by atoms with Crippen LogP contribution < -0.4 is 11.1 Å². The maximum atomic E-state index is 13.3. The van der Waals surface area contributed by atoms with E-state index in [1.165, 1.54) is 0 Å². The highest BCUT2D eigenvalue weighted by Gasteiger charge is 2.47. The molecule has 1 aromatic carbocycles. The van der Waals surface area contributed by atoms with Crippen LogP contribution in [0.1, 0.15) is 79.2 Å². The number of fused-ring (bicyclic) bond motifs is 2. The number of amides is 1. The number of rotatable bonds is 6. The van der Waals surface area contributed by atoms with Gasteiger partial charge in [-0.1, -0.05) is 17.3 Å². The number of benzene rings is 1. The minimum Gasteiger partial charge on any atom is -0.360 e. The molecule has 0 spiro atoms. The lowest BCUT2D eigenvalue weighted by Crippen LogP contribution is -2.52. The maximum Gasteiger partial charge on any atom is 0.273 e. The molecule has 1 aliphatic carbocycles. The Morgan fingerprint density at radius 3 is 2.39 bits per heavy atom. The third-order valence-corrected chi connectivity index (χ3v) is 8.74. The van der Waals surface area contributed by atoms with Gasteiger partial charge in [0, 0.05) is 36.2 Å². The van der Waals surface area contributed by atoms with Crippen LogP contribution in [0.2, 0.25) is 0 Å². The predicted molar refractivity (Wildman–Crippen MR) is 114 cm³/mol. The lowest BCUT2D eigenvalue weighted by molar-refractivity contribution is 0.0900. The van der Waals surface area contributed by atoms with Crippen molar-refractivity contribution in [1.82, 2.24) is 14.8 Å². The molecule has 3 N–H and O–H groups in total. The molecule has 5 rings (SSSR count). The van der Waals surface area contributed by atoms with Crippen LogP contribution in [0, 0.1) is 0 Å². The van der Waals surface area contributed by atoms with E-state index in [0.717, 1.165) is 37.0 Å². The van der Waals surface area contributed by atoms with E-state index in [1.807, 2.05) is 6.92 Å². The van der Waals surface area contributed by atoms with E-state index in [9.17, 15) is 13.2 Å². The Bertz CT molecular complexity index is 1060.